The van der Waals surface area contributed by atoms with E-state index in [1.165, 1.54) is 12.8 Å². The van der Waals surface area contributed by atoms with Crippen molar-refractivity contribution in [3.8, 4) is 0 Å². The zero-order valence-corrected chi connectivity index (χ0v) is 11.7. The Morgan fingerprint density at radius 1 is 1.35 bits per heavy atom. The summed E-state index contributed by atoms with van der Waals surface area (Å²) < 4.78 is 0. The number of carbonyl (C=O) groups excluding carboxylic acids is 1. The second kappa shape index (κ2) is 4.27. The first-order valence-electron chi connectivity index (χ1n) is 6.80. The van der Waals surface area contributed by atoms with Crippen molar-refractivity contribution in [3.05, 3.63) is 0 Å². The molecule has 0 aromatic carbocycles. The molecule has 98 valence electrons. The average Bonchev–Trinajstić information content (AvgIpc) is 2.89. The molecule has 1 amide bonds. The highest BCUT2D eigenvalue weighted by atomic mass is 16.2. The first-order chi connectivity index (χ1) is 7.84. The maximum Gasteiger partial charge on any atom is 0.226 e. The van der Waals surface area contributed by atoms with Gasteiger partial charge in [-0.05, 0) is 43.2 Å². The Labute approximate surface area is 105 Å². The zero-order valence-electron chi connectivity index (χ0n) is 11.7. The van der Waals surface area contributed by atoms with Gasteiger partial charge in [0.15, 0.2) is 0 Å². The van der Waals surface area contributed by atoms with Gasteiger partial charge in [-0.3, -0.25) is 4.79 Å². The van der Waals surface area contributed by atoms with Crippen LogP contribution in [0.5, 0.6) is 0 Å². The fourth-order valence-corrected chi connectivity index (χ4v) is 3.23. The highest BCUT2D eigenvalue weighted by Gasteiger charge is 2.58. The highest BCUT2D eigenvalue weighted by Crippen LogP contribution is 2.59. The summed E-state index contributed by atoms with van der Waals surface area (Å²) in [6.45, 7) is 9.59. The fraction of sp³-hybridized carbons (Fsp3) is 0.929. The second-order valence-corrected chi connectivity index (χ2v) is 7.12. The molecule has 1 saturated heterocycles. The van der Waals surface area contributed by atoms with E-state index < -0.39 is 0 Å². The Kier molecular flexibility index (Phi) is 3.23. The quantitative estimate of drug-likeness (QED) is 0.796. The lowest BCUT2D eigenvalue weighted by Gasteiger charge is -2.29. The molecule has 1 unspecified atom stereocenters. The molecular formula is C14H26N2O. The molecule has 2 aliphatic rings. The van der Waals surface area contributed by atoms with E-state index in [9.17, 15) is 4.79 Å². The number of hydrogen-bond donors (Lipinski definition) is 1. The van der Waals surface area contributed by atoms with Crippen LogP contribution in [0.4, 0.5) is 0 Å². The van der Waals surface area contributed by atoms with Crippen LogP contribution in [0.2, 0.25) is 0 Å². The van der Waals surface area contributed by atoms with Crippen LogP contribution < -0.4 is 5.32 Å². The van der Waals surface area contributed by atoms with E-state index in [4.69, 9.17) is 0 Å². The number of nitrogens with one attached hydrogen (secondary N) is 1. The summed E-state index contributed by atoms with van der Waals surface area (Å²) in [7, 11) is 1.96. The summed E-state index contributed by atoms with van der Waals surface area (Å²) in [4.78, 5) is 14.3. The van der Waals surface area contributed by atoms with Gasteiger partial charge in [0.2, 0.25) is 5.91 Å². The van der Waals surface area contributed by atoms with Crippen molar-refractivity contribution >= 4 is 5.91 Å². The lowest BCUT2D eigenvalue weighted by atomic mass is 9.91. The van der Waals surface area contributed by atoms with Gasteiger partial charge < -0.3 is 10.2 Å². The van der Waals surface area contributed by atoms with Crippen molar-refractivity contribution in [2.75, 3.05) is 26.7 Å². The molecule has 1 spiro atoms. The van der Waals surface area contributed by atoms with Gasteiger partial charge in [0, 0.05) is 19.5 Å². The van der Waals surface area contributed by atoms with Crippen molar-refractivity contribution in [1.82, 2.24) is 10.2 Å². The van der Waals surface area contributed by atoms with Crippen molar-refractivity contribution in [2.24, 2.45) is 16.7 Å². The lowest BCUT2D eigenvalue weighted by molar-refractivity contribution is -0.133. The molecular weight excluding hydrogens is 212 g/mol. The van der Waals surface area contributed by atoms with E-state index in [0.717, 1.165) is 26.1 Å². The van der Waals surface area contributed by atoms with Gasteiger partial charge in [-0.25, -0.2) is 0 Å². The Morgan fingerprint density at radius 2 is 1.94 bits per heavy atom. The molecule has 1 N–H and O–H groups in total. The summed E-state index contributed by atoms with van der Waals surface area (Å²) in [6, 6.07) is 0. The molecule has 2 fully saturated rings. The van der Waals surface area contributed by atoms with Gasteiger partial charge in [0.25, 0.3) is 0 Å². The largest absolute Gasteiger partial charge is 0.345 e. The van der Waals surface area contributed by atoms with Crippen molar-refractivity contribution < 1.29 is 4.79 Å². The number of nitrogens with zero attached hydrogens (tertiary/aromatic N) is 1. The minimum Gasteiger partial charge on any atom is -0.345 e. The minimum absolute atomic E-state index is 0.195. The third-order valence-electron chi connectivity index (χ3n) is 4.17. The van der Waals surface area contributed by atoms with Gasteiger partial charge in [-0.1, -0.05) is 20.8 Å². The Balaban J connectivity index is 1.89. The number of rotatable bonds is 2. The van der Waals surface area contributed by atoms with E-state index in [1.54, 1.807) is 0 Å². The molecule has 0 bridgehead atoms. The third kappa shape index (κ3) is 2.82. The lowest BCUT2D eigenvalue weighted by Crippen LogP contribution is -2.38. The molecule has 0 radical (unpaired) electrons. The van der Waals surface area contributed by atoms with Crippen LogP contribution in [0.25, 0.3) is 0 Å². The van der Waals surface area contributed by atoms with Gasteiger partial charge >= 0.3 is 0 Å². The van der Waals surface area contributed by atoms with Crippen LogP contribution in [0.3, 0.4) is 0 Å². The van der Waals surface area contributed by atoms with Crippen LogP contribution in [0.1, 0.15) is 40.0 Å². The van der Waals surface area contributed by atoms with E-state index >= 15 is 0 Å². The first kappa shape index (κ1) is 12.9. The first-order valence-corrected chi connectivity index (χ1v) is 6.80. The van der Waals surface area contributed by atoms with Crippen molar-refractivity contribution in [1.29, 1.82) is 0 Å². The Bertz CT molecular complexity index is 300. The molecule has 3 nitrogen and oxygen atoms in total. The van der Waals surface area contributed by atoms with E-state index in [1.807, 2.05) is 11.9 Å². The van der Waals surface area contributed by atoms with E-state index in [0.29, 0.717) is 17.2 Å². The van der Waals surface area contributed by atoms with Gasteiger partial charge in [0.1, 0.15) is 0 Å². The van der Waals surface area contributed by atoms with Crippen molar-refractivity contribution in [3.63, 3.8) is 0 Å². The Morgan fingerprint density at radius 3 is 2.47 bits per heavy atom. The molecule has 1 saturated carbocycles. The fourth-order valence-electron chi connectivity index (χ4n) is 3.23. The summed E-state index contributed by atoms with van der Waals surface area (Å²) in [6.07, 6.45) is 3.50. The maximum atomic E-state index is 12.4. The van der Waals surface area contributed by atoms with Crippen LogP contribution in [-0.2, 0) is 4.79 Å². The monoisotopic (exact) mass is 238 g/mol. The molecule has 2 rings (SSSR count). The smallest absolute Gasteiger partial charge is 0.226 e. The molecule has 0 aromatic heterocycles. The van der Waals surface area contributed by atoms with Gasteiger partial charge in [-0.2, -0.15) is 0 Å². The molecule has 0 aromatic rings. The van der Waals surface area contributed by atoms with E-state index in [2.05, 4.69) is 26.1 Å². The summed E-state index contributed by atoms with van der Waals surface area (Å²) >= 11 is 0. The minimum atomic E-state index is 0.195. The zero-order chi connectivity index (χ0) is 12.7. The molecule has 1 atom stereocenters. The SMILES string of the molecule is CN(CC(C)(C)C)C(=O)C1CC12CCNCC2. The maximum absolute atomic E-state index is 12.4. The second-order valence-electron chi connectivity index (χ2n) is 7.12. The number of hydrogen-bond acceptors (Lipinski definition) is 2. The summed E-state index contributed by atoms with van der Waals surface area (Å²) in [5.41, 5.74) is 0.565. The molecule has 1 aliphatic carbocycles. The van der Waals surface area contributed by atoms with Crippen LogP contribution >= 0.6 is 0 Å². The van der Waals surface area contributed by atoms with Gasteiger partial charge in [0.05, 0.1) is 0 Å². The van der Waals surface area contributed by atoms with Gasteiger partial charge in [-0.15, -0.1) is 0 Å². The van der Waals surface area contributed by atoms with Crippen LogP contribution in [0.15, 0.2) is 0 Å². The number of amides is 1. The average molecular weight is 238 g/mol. The third-order valence-corrected chi connectivity index (χ3v) is 4.17. The number of carbonyl (C=O) groups is 1. The van der Waals surface area contributed by atoms with Crippen LogP contribution in [-0.4, -0.2) is 37.5 Å². The summed E-state index contributed by atoms with van der Waals surface area (Å²) in [5.74, 6) is 0.693. The highest BCUT2D eigenvalue weighted by molar-refractivity contribution is 5.82. The van der Waals surface area contributed by atoms with E-state index in [-0.39, 0.29) is 5.41 Å². The number of piperidine rings is 1. The molecule has 3 heteroatoms. The predicted octanol–water partition coefficient (Wildman–Crippen LogP) is 1.88. The van der Waals surface area contributed by atoms with Crippen LogP contribution in [0, 0.1) is 16.7 Å². The molecule has 17 heavy (non-hydrogen) atoms. The predicted molar refractivity (Wildman–Crippen MR) is 69.7 cm³/mol. The topological polar surface area (TPSA) is 32.3 Å². The Hall–Kier alpha value is -0.570. The molecule has 1 heterocycles. The standard InChI is InChI=1S/C14H26N2O/c1-13(2,3)10-16(4)12(17)11-9-14(11)5-7-15-8-6-14/h11,15H,5-10H2,1-4H3. The normalized spacial score (nSPS) is 26.9. The molecule has 1 aliphatic heterocycles. The summed E-state index contributed by atoms with van der Waals surface area (Å²) in [5, 5.41) is 3.38. The van der Waals surface area contributed by atoms with Crippen molar-refractivity contribution in [2.45, 2.75) is 40.0 Å².